The van der Waals surface area contributed by atoms with Gasteiger partial charge in [0, 0.05) is 30.9 Å². The number of carbonyl (C=O) groups excluding carboxylic acids is 4. The highest BCUT2D eigenvalue weighted by Crippen LogP contribution is 2.27. The molecule has 26 heavy (non-hydrogen) atoms. The van der Waals surface area contributed by atoms with Crippen molar-refractivity contribution >= 4 is 34.9 Å². The second kappa shape index (κ2) is 7.68. The number of hydrogen-bond acceptors (Lipinski definition) is 5. The lowest BCUT2D eigenvalue weighted by Crippen LogP contribution is -2.49. The van der Waals surface area contributed by atoms with Crippen LogP contribution in [0.15, 0.2) is 24.3 Å². The van der Waals surface area contributed by atoms with Gasteiger partial charge in [0.1, 0.15) is 5.92 Å². The van der Waals surface area contributed by atoms with Crippen molar-refractivity contribution in [2.45, 2.75) is 32.6 Å². The smallest absolute Gasteiger partial charge is 0.317 e. The summed E-state index contributed by atoms with van der Waals surface area (Å²) in [6, 6.07) is 7.03. The molecule has 2 aliphatic rings. The molecule has 7 heteroatoms. The van der Waals surface area contributed by atoms with E-state index in [0.717, 1.165) is 18.5 Å². The molecule has 2 heterocycles. The van der Waals surface area contributed by atoms with Crippen LogP contribution in [0.5, 0.6) is 0 Å². The van der Waals surface area contributed by atoms with Gasteiger partial charge in [-0.3, -0.25) is 19.2 Å². The molecule has 0 bridgehead atoms. The average molecular weight is 358 g/mol. The lowest BCUT2D eigenvalue weighted by atomic mass is 9.94. The van der Waals surface area contributed by atoms with Crippen LogP contribution in [-0.2, 0) is 23.9 Å². The van der Waals surface area contributed by atoms with Crippen LogP contribution in [0.3, 0.4) is 0 Å². The summed E-state index contributed by atoms with van der Waals surface area (Å²) in [5.41, 5.74) is 1.37. The van der Waals surface area contributed by atoms with Gasteiger partial charge in [-0.1, -0.05) is 0 Å². The lowest BCUT2D eigenvalue weighted by molar-refractivity contribution is -0.155. The minimum absolute atomic E-state index is 0.102. The van der Waals surface area contributed by atoms with Crippen molar-refractivity contribution in [3.8, 4) is 0 Å². The SMILES string of the molecule is CCOC(=O)C1CCN(c2ccc(N3CCCCC3=O)cc2)C(=O)C1=O. The zero-order valence-electron chi connectivity index (χ0n) is 14.8. The van der Waals surface area contributed by atoms with Gasteiger partial charge in [-0.25, -0.2) is 0 Å². The highest BCUT2D eigenvalue weighted by molar-refractivity contribution is 6.45. The van der Waals surface area contributed by atoms with E-state index in [2.05, 4.69) is 0 Å². The van der Waals surface area contributed by atoms with Crippen molar-refractivity contribution in [3.05, 3.63) is 24.3 Å². The van der Waals surface area contributed by atoms with Gasteiger partial charge in [0.25, 0.3) is 5.91 Å². The Labute approximate surface area is 151 Å². The number of ether oxygens (including phenoxy) is 1. The number of Topliss-reactive ketones (excluding diaryl/α,β-unsaturated/α-hetero) is 1. The van der Waals surface area contributed by atoms with Crippen LogP contribution in [0.4, 0.5) is 11.4 Å². The van der Waals surface area contributed by atoms with Gasteiger partial charge in [0.15, 0.2) is 0 Å². The van der Waals surface area contributed by atoms with Gasteiger partial charge in [0.05, 0.1) is 6.61 Å². The molecular formula is C19H22N2O5. The molecule has 0 spiro atoms. The van der Waals surface area contributed by atoms with E-state index >= 15 is 0 Å². The molecule has 138 valence electrons. The highest BCUT2D eigenvalue weighted by Gasteiger charge is 2.40. The fourth-order valence-corrected chi connectivity index (χ4v) is 3.38. The molecule has 1 unspecified atom stereocenters. The highest BCUT2D eigenvalue weighted by atomic mass is 16.5. The number of ketones is 1. The van der Waals surface area contributed by atoms with Gasteiger partial charge < -0.3 is 14.5 Å². The standard InChI is InChI=1S/C19H22N2O5/c1-2-26-19(25)15-10-12-21(18(24)17(15)23)14-8-6-13(7-9-14)20-11-4-3-5-16(20)22/h6-9,15H,2-5,10-12H2,1H3. The minimum Gasteiger partial charge on any atom is -0.465 e. The largest absolute Gasteiger partial charge is 0.465 e. The van der Waals surface area contributed by atoms with Crippen molar-refractivity contribution in [2.75, 3.05) is 29.5 Å². The van der Waals surface area contributed by atoms with Crippen LogP contribution in [0, 0.1) is 5.92 Å². The van der Waals surface area contributed by atoms with Gasteiger partial charge in [-0.05, 0) is 50.5 Å². The van der Waals surface area contributed by atoms with Crippen LogP contribution < -0.4 is 9.80 Å². The van der Waals surface area contributed by atoms with Crippen LogP contribution in [-0.4, -0.2) is 43.3 Å². The second-order valence-electron chi connectivity index (χ2n) is 6.43. The topological polar surface area (TPSA) is 84.0 Å². The maximum absolute atomic E-state index is 12.4. The summed E-state index contributed by atoms with van der Waals surface area (Å²) >= 11 is 0. The monoisotopic (exact) mass is 358 g/mol. The van der Waals surface area contributed by atoms with Gasteiger partial charge in [-0.2, -0.15) is 0 Å². The van der Waals surface area contributed by atoms with E-state index in [9.17, 15) is 19.2 Å². The van der Waals surface area contributed by atoms with Crippen LogP contribution in [0.25, 0.3) is 0 Å². The predicted octanol–water partition coefficient (Wildman–Crippen LogP) is 1.69. The molecule has 3 rings (SSSR count). The normalized spacial score (nSPS) is 21.1. The zero-order valence-corrected chi connectivity index (χ0v) is 14.8. The van der Waals surface area contributed by atoms with Gasteiger partial charge in [-0.15, -0.1) is 0 Å². The summed E-state index contributed by atoms with van der Waals surface area (Å²) in [6.45, 7) is 2.81. The fraction of sp³-hybridized carbons (Fsp3) is 0.474. The fourth-order valence-electron chi connectivity index (χ4n) is 3.38. The van der Waals surface area contributed by atoms with E-state index in [4.69, 9.17) is 4.74 Å². The molecule has 2 fully saturated rings. The molecule has 1 atom stereocenters. The summed E-state index contributed by atoms with van der Waals surface area (Å²) in [7, 11) is 0. The molecule has 2 saturated heterocycles. The number of benzene rings is 1. The molecule has 1 aromatic rings. The first-order valence-corrected chi connectivity index (χ1v) is 8.95. The van der Waals surface area contributed by atoms with E-state index in [1.165, 1.54) is 4.90 Å². The Hall–Kier alpha value is -2.70. The summed E-state index contributed by atoms with van der Waals surface area (Å²) in [5, 5.41) is 0. The zero-order chi connectivity index (χ0) is 18.7. The summed E-state index contributed by atoms with van der Waals surface area (Å²) in [4.78, 5) is 51.5. The van der Waals surface area contributed by atoms with Gasteiger partial charge >= 0.3 is 5.97 Å². The number of anilines is 2. The number of piperidine rings is 2. The Morgan fingerprint density at radius 2 is 1.69 bits per heavy atom. The van der Waals surface area contributed by atoms with Gasteiger partial charge in [0.2, 0.25) is 11.7 Å². The summed E-state index contributed by atoms with van der Waals surface area (Å²) in [6.07, 6.45) is 2.69. The Balaban J connectivity index is 1.72. The molecule has 0 aliphatic carbocycles. The maximum atomic E-state index is 12.4. The number of rotatable bonds is 4. The molecular weight excluding hydrogens is 336 g/mol. The Morgan fingerprint density at radius 1 is 1.04 bits per heavy atom. The number of esters is 1. The lowest BCUT2D eigenvalue weighted by Gasteiger charge is -2.30. The molecule has 0 radical (unpaired) electrons. The Morgan fingerprint density at radius 3 is 2.31 bits per heavy atom. The molecule has 0 aromatic heterocycles. The molecule has 2 aliphatic heterocycles. The third-order valence-corrected chi connectivity index (χ3v) is 4.78. The molecule has 0 N–H and O–H groups in total. The first-order valence-electron chi connectivity index (χ1n) is 8.95. The summed E-state index contributed by atoms with van der Waals surface area (Å²) in [5.74, 6) is -2.97. The Kier molecular flexibility index (Phi) is 5.35. The van der Waals surface area contributed by atoms with E-state index in [0.29, 0.717) is 18.7 Å². The first-order chi connectivity index (χ1) is 12.5. The van der Waals surface area contributed by atoms with Crippen molar-refractivity contribution in [1.29, 1.82) is 0 Å². The quantitative estimate of drug-likeness (QED) is 0.465. The van der Waals surface area contributed by atoms with Crippen LogP contribution >= 0.6 is 0 Å². The number of hydrogen-bond donors (Lipinski definition) is 0. The summed E-state index contributed by atoms with van der Waals surface area (Å²) < 4.78 is 4.87. The minimum atomic E-state index is -1.01. The first kappa shape index (κ1) is 18.1. The number of nitrogens with zero attached hydrogens (tertiary/aromatic N) is 2. The van der Waals surface area contributed by atoms with Crippen molar-refractivity contribution in [3.63, 3.8) is 0 Å². The molecule has 1 aromatic carbocycles. The third kappa shape index (κ3) is 3.47. The van der Waals surface area contributed by atoms with E-state index in [1.54, 1.807) is 36.1 Å². The van der Waals surface area contributed by atoms with E-state index in [-0.39, 0.29) is 25.5 Å². The molecule has 7 nitrogen and oxygen atoms in total. The predicted molar refractivity (Wildman–Crippen MR) is 94.7 cm³/mol. The van der Waals surface area contributed by atoms with E-state index < -0.39 is 23.6 Å². The van der Waals surface area contributed by atoms with Crippen molar-refractivity contribution in [1.82, 2.24) is 0 Å². The molecule has 2 amide bonds. The second-order valence-corrected chi connectivity index (χ2v) is 6.43. The molecule has 0 saturated carbocycles. The van der Waals surface area contributed by atoms with Crippen molar-refractivity contribution < 1.29 is 23.9 Å². The van der Waals surface area contributed by atoms with E-state index in [1.807, 2.05) is 0 Å². The van der Waals surface area contributed by atoms with Crippen molar-refractivity contribution in [2.24, 2.45) is 5.92 Å². The maximum Gasteiger partial charge on any atom is 0.317 e. The Bertz CT molecular complexity index is 728. The number of amides is 2. The van der Waals surface area contributed by atoms with Crippen LogP contribution in [0.1, 0.15) is 32.6 Å². The third-order valence-electron chi connectivity index (χ3n) is 4.78. The van der Waals surface area contributed by atoms with Crippen LogP contribution in [0.2, 0.25) is 0 Å². The number of carbonyl (C=O) groups is 4. The average Bonchev–Trinajstić information content (AvgIpc) is 2.65.